The summed E-state index contributed by atoms with van der Waals surface area (Å²) >= 11 is 0. The van der Waals surface area contributed by atoms with Crippen LogP contribution in [0.25, 0.3) is 6.08 Å². The van der Waals surface area contributed by atoms with Gasteiger partial charge in [-0.1, -0.05) is 43.0 Å². The van der Waals surface area contributed by atoms with E-state index < -0.39 is 5.97 Å². The lowest BCUT2D eigenvalue weighted by Crippen LogP contribution is -2.05. The number of hydrogen-bond donors (Lipinski definition) is 1. The summed E-state index contributed by atoms with van der Waals surface area (Å²) in [4.78, 5) is 11.3. The Hall–Kier alpha value is -2.55. The van der Waals surface area contributed by atoms with E-state index in [-0.39, 0.29) is 5.56 Å². The fraction of sp³-hybridized carbons (Fsp3) is 0.118. The van der Waals surface area contributed by atoms with E-state index in [0.29, 0.717) is 17.7 Å². The molecule has 0 spiro atoms. The van der Waals surface area contributed by atoms with Crippen molar-refractivity contribution in [2.45, 2.75) is 6.42 Å². The minimum absolute atomic E-state index is 0.242. The highest BCUT2D eigenvalue weighted by atomic mass is 16.5. The van der Waals surface area contributed by atoms with Crippen molar-refractivity contribution in [1.82, 2.24) is 0 Å². The van der Waals surface area contributed by atoms with Crippen LogP contribution in [0.3, 0.4) is 0 Å². The van der Waals surface area contributed by atoms with E-state index in [1.807, 2.05) is 30.3 Å². The maximum Gasteiger partial charge on any atom is 0.336 e. The van der Waals surface area contributed by atoms with Gasteiger partial charge in [0.15, 0.2) is 0 Å². The van der Waals surface area contributed by atoms with Gasteiger partial charge in [0.1, 0.15) is 5.75 Å². The number of carbonyl (C=O) groups is 1. The van der Waals surface area contributed by atoms with Crippen LogP contribution in [0, 0.1) is 0 Å². The van der Waals surface area contributed by atoms with E-state index in [2.05, 4.69) is 6.58 Å². The van der Waals surface area contributed by atoms with E-state index in [4.69, 9.17) is 4.74 Å². The van der Waals surface area contributed by atoms with Crippen LogP contribution in [0.2, 0.25) is 0 Å². The molecule has 1 N–H and O–H groups in total. The minimum atomic E-state index is -0.961. The first-order valence-electron chi connectivity index (χ1n) is 6.27. The number of aromatic carboxylic acids is 1. The minimum Gasteiger partial charge on any atom is -0.496 e. The molecular formula is C17H16O3. The largest absolute Gasteiger partial charge is 0.496 e. The first-order chi connectivity index (χ1) is 9.67. The molecule has 0 aliphatic carbocycles. The monoisotopic (exact) mass is 268 g/mol. The van der Waals surface area contributed by atoms with Crippen LogP contribution >= 0.6 is 0 Å². The van der Waals surface area contributed by atoms with Crippen LogP contribution in [-0.2, 0) is 6.42 Å². The Balaban J connectivity index is 2.56. The van der Waals surface area contributed by atoms with E-state index >= 15 is 0 Å². The van der Waals surface area contributed by atoms with E-state index in [1.54, 1.807) is 25.3 Å². The molecule has 20 heavy (non-hydrogen) atoms. The van der Waals surface area contributed by atoms with Gasteiger partial charge >= 0.3 is 5.97 Å². The third-order valence-corrected chi connectivity index (χ3v) is 3.19. The summed E-state index contributed by atoms with van der Waals surface area (Å²) in [5.74, 6) is -0.286. The smallest absolute Gasteiger partial charge is 0.336 e. The third-order valence-electron chi connectivity index (χ3n) is 3.19. The molecule has 0 atom stereocenters. The Morgan fingerprint density at radius 3 is 2.50 bits per heavy atom. The van der Waals surface area contributed by atoms with Crippen molar-refractivity contribution in [1.29, 1.82) is 0 Å². The first-order valence-corrected chi connectivity index (χ1v) is 6.27. The predicted molar refractivity (Wildman–Crippen MR) is 79.3 cm³/mol. The standard InChI is InChI=1S/C17H16O3/c1-3-13-14(17(18)19)9-10-16(20-2)15(13)11-12-7-5-4-6-8-12/h3-10H,1,11H2,2H3,(H,18,19). The van der Waals surface area contributed by atoms with Gasteiger partial charge in [0.05, 0.1) is 12.7 Å². The van der Waals surface area contributed by atoms with E-state index in [0.717, 1.165) is 11.1 Å². The number of carboxylic acids is 1. The summed E-state index contributed by atoms with van der Waals surface area (Å²) in [6, 6.07) is 13.1. The number of ether oxygens (including phenoxy) is 1. The van der Waals surface area contributed by atoms with Crippen molar-refractivity contribution in [3.63, 3.8) is 0 Å². The lowest BCUT2D eigenvalue weighted by molar-refractivity contribution is 0.0696. The molecule has 3 nitrogen and oxygen atoms in total. The maximum absolute atomic E-state index is 11.3. The highest BCUT2D eigenvalue weighted by Gasteiger charge is 2.16. The highest BCUT2D eigenvalue weighted by Crippen LogP contribution is 2.29. The topological polar surface area (TPSA) is 46.5 Å². The predicted octanol–water partition coefficient (Wildman–Crippen LogP) is 3.63. The summed E-state index contributed by atoms with van der Waals surface area (Å²) in [7, 11) is 1.58. The molecule has 0 radical (unpaired) electrons. The lowest BCUT2D eigenvalue weighted by Gasteiger charge is -2.14. The molecule has 2 aromatic carbocycles. The van der Waals surface area contributed by atoms with Crippen LogP contribution in [-0.4, -0.2) is 18.2 Å². The zero-order valence-corrected chi connectivity index (χ0v) is 11.3. The van der Waals surface area contributed by atoms with Crippen molar-refractivity contribution in [2.24, 2.45) is 0 Å². The molecule has 0 bridgehead atoms. The fourth-order valence-corrected chi connectivity index (χ4v) is 2.24. The summed E-state index contributed by atoms with van der Waals surface area (Å²) < 4.78 is 5.35. The second-order valence-corrected chi connectivity index (χ2v) is 4.38. The molecule has 0 unspecified atom stereocenters. The van der Waals surface area contributed by atoms with Gasteiger partial charge in [0.2, 0.25) is 0 Å². The van der Waals surface area contributed by atoms with Crippen molar-refractivity contribution >= 4 is 12.0 Å². The van der Waals surface area contributed by atoms with Crippen LogP contribution in [0.5, 0.6) is 5.75 Å². The quantitative estimate of drug-likeness (QED) is 0.900. The van der Waals surface area contributed by atoms with Crippen molar-refractivity contribution in [3.05, 3.63) is 71.3 Å². The third kappa shape index (κ3) is 2.72. The molecule has 102 valence electrons. The fourth-order valence-electron chi connectivity index (χ4n) is 2.24. The zero-order chi connectivity index (χ0) is 14.5. The molecule has 0 amide bonds. The van der Waals surface area contributed by atoms with E-state index in [9.17, 15) is 9.90 Å². The molecule has 2 rings (SSSR count). The van der Waals surface area contributed by atoms with Gasteiger partial charge in [-0.25, -0.2) is 4.79 Å². The summed E-state index contributed by atoms with van der Waals surface area (Å²) in [5.41, 5.74) is 2.79. The lowest BCUT2D eigenvalue weighted by atomic mass is 9.94. The number of rotatable bonds is 5. The molecule has 0 saturated heterocycles. The maximum atomic E-state index is 11.3. The molecular weight excluding hydrogens is 252 g/mol. The van der Waals surface area contributed by atoms with Gasteiger partial charge in [0.25, 0.3) is 0 Å². The Labute approximate surface area is 118 Å². The molecule has 0 aromatic heterocycles. The van der Waals surface area contributed by atoms with Gasteiger partial charge < -0.3 is 9.84 Å². The molecule has 2 aromatic rings. The summed E-state index contributed by atoms with van der Waals surface area (Å²) in [5, 5.41) is 9.26. The van der Waals surface area contributed by atoms with Gasteiger partial charge in [-0.2, -0.15) is 0 Å². The SMILES string of the molecule is C=Cc1c(C(=O)O)ccc(OC)c1Cc1ccccc1. The van der Waals surface area contributed by atoms with Gasteiger partial charge in [-0.15, -0.1) is 0 Å². The Morgan fingerprint density at radius 1 is 1.25 bits per heavy atom. The highest BCUT2D eigenvalue weighted by molar-refractivity contribution is 5.93. The normalized spacial score (nSPS) is 10.1. The average molecular weight is 268 g/mol. The van der Waals surface area contributed by atoms with Crippen molar-refractivity contribution in [3.8, 4) is 5.75 Å². The molecule has 0 heterocycles. The Kier molecular flexibility index (Phi) is 4.20. The summed E-state index contributed by atoms with van der Waals surface area (Å²) in [6.07, 6.45) is 2.18. The zero-order valence-electron chi connectivity index (χ0n) is 11.3. The van der Waals surface area contributed by atoms with Gasteiger partial charge in [-0.05, 0) is 23.3 Å². The van der Waals surface area contributed by atoms with Gasteiger partial charge in [-0.3, -0.25) is 0 Å². The van der Waals surface area contributed by atoms with Crippen LogP contribution in [0.1, 0.15) is 27.0 Å². The second kappa shape index (κ2) is 6.06. The van der Waals surface area contributed by atoms with Crippen molar-refractivity contribution < 1.29 is 14.6 Å². The molecule has 0 saturated carbocycles. The molecule has 0 aliphatic heterocycles. The number of methoxy groups -OCH3 is 1. The van der Waals surface area contributed by atoms with Crippen LogP contribution in [0.4, 0.5) is 0 Å². The Morgan fingerprint density at radius 2 is 1.95 bits per heavy atom. The van der Waals surface area contributed by atoms with Crippen molar-refractivity contribution in [2.75, 3.05) is 7.11 Å². The second-order valence-electron chi connectivity index (χ2n) is 4.38. The molecule has 0 fully saturated rings. The molecule has 3 heteroatoms. The number of carboxylic acid groups (broad SMARTS) is 1. The first kappa shape index (κ1) is 13.9. The van der Waals surface area contributed by atoms with Crippen LogP contribution < -0.4 is 4.74 Å². The number of hydrogen-bond acceptors (Lipinski definition) is 2. The van der Waals surface area contributed by atoms with Crippen LogP contribution in [0.15, 0.2) is 49.0 Å². The molecule has 0 aliphatic rings. The van der Waals surface area contributed by atoms with E-state index in [1.165, 1.54) is 0 Å². The average Bonchev–Trinajstić information content (AvgIpc) is 2.47. The van der Waals surface area contributed by atoms with Gasteiger partial charge in [0, 0.05) is 12.0 Å². The summed E-state index contributed by atoms with van der Waals surface area (Å²) in [6.45, 7) is 3.73. The Bertz CT molecular complexity index is 630. The number of benzene rings is 2.